The number of fused-ring (bicyclic) bond motifs is 1. The lowest BCUT2D eigenvalue weighted by Crippen LogP contribution is -2.37. The maximum Gasteiger partial charge on any atom is 0.272 e. The molecule has 0 bridgehead atoms. The summed E-state index contributed by atoms with van der Waals surface area (Å²) in [5.74, 6) is -0.0777. The number of amides is 1. The third kappa shape index (κ3) is 4.43. The molecule has 1 unspecified atom stereocenters. The van der Waals surface area contributed by atoms with Crippen LogP contribution >= 0.6 is 28.3 Å². The first-order chi connectivity index (χ1) is 11.6. The van der Waals surface area contributed by atoms with Crippen molar-refractivity contribution in [1.29, 1.82) is 0 Å². The van der Waals surface area contributed by atoms with E-state index in [1.807, 2.05) is 42.9 Å². The second-order valence-corrected chi connectivity index (χ2v) is 7.18. The van der Waals surface area contributed by atoms with Crippen molar-refractivity contribution in [2.24, 2.45) is 0 Å². The molecule has 7 heteroatoms. The normalized spacial score (nSPS) is 14.4. The molecule has 1 aliphatic carbocycles. The summed E-state index contributed by atoms with van der Waals surface area (Å²) >= 11 is 3.46. The molecule has 0 saturated carbocycles. The van der Waals surface area contributed by atoms with Gasteiger partial charge in [0.1, 0.15) is 0 Å². The van der Waals surface area contributed by atoms with Gasteiger partial charge in [-0.05, 0) is 63.9 Å². The van der Waals surface area contributed by atoms with Crippen LogP contribution in [0.2, 0.25) is 0 Å². The molecule has 0 fully saturated rings. The summed E-state index contributed by atoms with van der Waals surface area (Å²) in [4.78, 5) is 12.6. The number of benzene rings is 1. The molecule has 1 atom stereocenters. The number of nitrogens with zero attached hydrogens (tertiary/aromatic N) is 2. The SMILES string of the molecule is CNC(C)CNC(=O)c1nn(-c2ccc(Br)cc2)c2c1CCCC2.Cl. The van der Waals surface area contributed by atoms with Gasteiger partial charge < -0.3 is 10.6 Å². The van der Waals surface area contributed by atoms with E-state index in [0.717, 1.165) is 41.4 Å². The highest BCUT2D eigenvalue weighted by Gasteiger charge is 2.25. The lowest BCUT2D eigenvalue weighted by molar-refractivity contribution is 0.0944. The molecular weight excluding hydrogens is 404 g/mol. The fourth-order valence-corrected chi connectivity index (χ4v) is 3.27. The van der Waals surface area contributed by atoms with Gasteiger partial charge in [0.05, 0.1) is 5.69 Å². The van der Waals surface area contributed by atoms with Crippen molar-refractivity contribution >= 4 is 34.2 Å². The third-order valence-corrected chi connectivity index (χ3v) is 5.06. The van der Waals surface area contributed by atoms with Gasteiger partial charge in [0.2, 0.25) is 0 Å². The average Bonchev–Trinajstić information content (AvgIpc) is 3.00. The first kappa shape index (κ1) is 19.9. The zero-order valence-corrected chi connectivity index (χ0v) is 16.9. The van der Waals surface area contributed by atoms with E-state index in [2.05, 4.69) is 31.7 Å². The molecule has 0 saturated heterocycles. The van der Waals surface area contributed by atoms with E-state index in [1.165, 1.54) is 5.69 Å². The molecule has 0 aliphatic heterocycles. The van der Waals surface area contributed by atoms with Crippen LogP contribution in [-0.4, -0.2) is 35.3 Å². The van der Waals surface area contributed by atoms with Crippen molar-refractivity contribution in [2.45, 2.75) is 38.6 Å². The number of carbonyl (C=O) groups is 1. The Morgan fingerprint density at radius 3 is 2.64 bits per heavy atom. The smallest absolute Gasteiger partial charge is 0.272 e. The Labute approximate surface area is 163 Å². The van der Waals surface area contributed by atoms with Crippen LogP contribution < -0.4 is 10.6 Å². The molecule has 25 heavy (non-hydrogen) atoms. The first-order valence-electron chi connectivity index (χ1n) is 8.42. The predicted molar refractivity (Wildman–Crippen MR) is 106 cm³/mol. The zero-order valence-electron chi connectivity index (χ0n) is 14.5. The minimum Gasteiger partial charge on any atom is -0.349 e. The Hall–Kier alpha value is -1.37. The topological polar surface area (TPSA) is 58.9 Å². The van der Waals surface area contributed by atoms with Gasteiger partial charge in [-0.25, -0.2) is 4.68 Å². The summed E-state index contributed by atoms with van der Waals surface area (Å²) in [6.07, 6.45) is 4.16. The maximum absolute atomic E-state index is 12.6. The Kier molecular flexibility index (Phi) is 7.04. The van der Waals surface area contributed by atoms with E-state index in [9.17, 15) is 4.79 Å². The highest BCUT2D eigenvalue weighted by Crippen LogP contribution is 2.27. The number of aromatic nitrogens is 2. The summed E-state index contributed by atoms with van der Waals surface area (Å²) in [6.45, 7) is 2.63. The van der Waals surface area contributed by atoms with Gasteiger partial charge in [0.25, 0.3) is 5.91 Å². The number of rotatable bonds is 5. The molecule has 0 spiro atoms. The Balaban J connectivity index is 0.00000225. The van der Waals surface area contributed by atoms with Gasteiger partial charge in [-0.2, -0.15) is 5.10 Å². The van der Waals surface area contributed by atoms with E-state index in [4.69, 9.17) is 0 Å². The van der Waals surface area contributed by atoms with Gasteiger partial charge in [-0.3, -0.25) is 4.79 Å². The van der Waals surface area contributed by atoms with Crippen molar-refractivity contribution in [3.05, 3.63) is 45.7 Å². The summed E-state index contributed by atoms with van der Waals surface area (Å²) in [7, 11) is 1.89. The van der Waals surface area contributed by atoms with Crippen LogP contribution in [0.15, 0.2) is 28.7 Å². The summed E-state index contributed by atoms with van der Waals surface area (Å²) in [5, 5.41) is 10.8. The minimum atomic E-state index is -0.0777. The van der Waals surface area contributed by atoms with E-state index >= 15 is 0 Å². The Bertz CT molecular complexity index is 729. The minimum absolute atomic E-state index is 0. The highest BCUT2D eigenvalue weighted by atomic mass is 79.9. The third-order valence-electron chi connectivity index (χ3n) is 4.53. The summed E-state index contributed by atoms with van der Waals surface area (Å²) in [5.41, 5.74) is 3.86. The van der Waals surface area contributed by atoms with Gasteiger partial charge in [0, 0.05) is 28.3 Å². The van der Waals surface area contributed by atoms with E-state index in [1.54, 1.807) is 0 Å². The lowest BCUT2D eigenvalue weighted by atomic mass is 9.95. The number of nitrogens with one attached hydrogen (secondary N) is 2. The van der Waals surface area contributed by atoms with Crippen molar-refractivity contribution in [3.8, 4) is 5.69 Å². The van der Waals surface area contributed by atoms with Gasteiger partial charge >= 0.3 is 0 Å². The maximum atomic E-state index is 12.6. The Morgan fingerprint density at radius 1 is 1.28 bits per heavy atom. The van der Waals surface area contributed by atoms with E-state index in [0.29, 0.717) is 12.2 Å². The molecule has 136 valence electrons. The quantitative estimate of drug-likeness (QED) is 0.770. The van der Waals surface area contributed by atoms with Crippen LogP contribution in [-0.2, 0) is 12.8 Å². The molecule has 1 aromatic carbocycles. The number of halogens is 2. The van der Waals surface area contributed by atoms with Gasteiger partial charge in [-0.15, -0.1) is 12.4 Å². The monoisotopic (exact) mass is 426 g/mol. The van der Waals surface area contributed by atoms with Crippen LogP contribution in [0.5, 0.6) is 0 Å². The van der Waals surface area contributed by atoms with Crippen molar-refractivity contribution in [1.82, 2.24) is 20.4 Å². The fourth-order valence-electron chi connectivity index (χ4n) is 3.01. The fraction of sp³-hybridized carbons (Fsp3) is 0.444. The zero-order chi connectivity index (χ0) is 17.1. The molecule has 3 rings (SSSR count). The largest absolute Gasteiger partial charge is 0.349 e. The number of hydrogen-bond donors (Lipinski definition) is 2. The van der Waals surface area contributed by atoms with Gasteiger partial charge in [0.15, 0.2) is 5.69 Å². The highest BCUT2D eigenvalue weighted by molar-refractivity contribution is 9.10. The number of carbonyl (C=O) groups excluding carboxylic acids is 1. The Morgan fingerprint density at radius 2 is 1.96 bits per heavy atom. The van der Waals surface area contributed by atoms with E-state index < -0.39 is 0 Å². The van der Waals surface area contributed by atoms with Crippen LogP contribution in [0.3, 0.4) is 0 Å². The lowest BCUT2D eigenvalue weighted by Gasteiger charge is -2.14. The molecule has 5 nitrogen and oxygen atoms in total. The second kappa shape index (κ2) is 8.83. The molecule has 1 aromatic heterocycles. The van der Waals surface area contributed by atoms with Crippen molar-refractivity contribution in [3.63, 3.8) is 0 Å². The molecular formula is C18H24BrClN4O. The van der Waals surface area contributed by atoms with Crippen LogP contribution in [0.4, 0.5) is 0 Å². The second-order valence-electron chi connectivity index (χ2n) is 6.27. The van der Waals surface area contributed by atoms with Crippen molar-refractivity contribution < 1.29 is 4.79 Å². The first-order valence-corrected chi connectivity index (χ1v) is 9.21. The summed E-state index contributed by atoms with van der Waals surface area (Å²) < 4.78 is 2.98. The predicted octanol–water partition coefficient (Wildman–Crippen LogP) is 3.27. The van der Waals surface area contributed by atoms with Crippen LogP contribution in [0, 0.1) is 0 Å². The van der Waals surface area contributed by atoms with Crippen molar-refractivity contribution in [2.75, 3.05) is 13.6 Å². The van der Waals surface area contributed by atoms with Crippen LogP contribution in [0.25, 0.3) is 5.69 Å². The molecule has 2 N–H and O–H groups in total. The average molecular weight is 428 g/mol. The van der Waals surface area contributed by atoms with Crippen LogP contribution in [0.1, 0.15) is 41.5 Å². The molecule has 1 aliphatic rings. The molecule has 2 aromatic rings. The molecule has 1 heterocycles. The molecule has 0 radical (unpaired) electrons. The summed E-state index contributed by atoms with van der Waals surface area (Å²) in [6, 6.07) is 8.28. The standard InChI is InChI=1S/C18H23BrN4O.ClH/c1-12(20-2)11-21-18(24)17-15-5-3-4-6-16(15)23(22-17)14-9-7-13(19)8-10-14;/h7-10,12,20H,3-6,11H2,1-2H3,(H,21,24);1H. The van der Waals surface area contributed by atoms with E-state index in [-0.39, 0.29) is 24.4 Å². The molecule has 1 amide bonds. The number of likely N-dealkylation sites (N-methyl/N-ethyl adjacent to an activating group) is 1. The van der Waals surface area contributed by atoms with Gasteiger partial charge in [-0.1, -0.05) is 15.9 Å². The number of hydrogen-bond acceptors (Lipinski definition) is 3.